The maximum absolute atomic E-state index is 12.0. The maximum Gasteiger partial charge on any atom is 0.251 e. The molecular formula is C19H26N4O. The Balaban J connectivity index is 1.51. The summed E-state index contributed by atoms with van der Waals surface area (Å²) in [5, 5.41) is 10.9. The summed E-state index contributed by atoms with van der Waals surface area (Å²) < 4.78 is 2.00. The van der Waals surface area contributed by atoms with Crippen LogP contribution < -0.4 is 10.6 Å². The monoisotopic (exact) mass is 326 g/mol. The van der Waals surface area contributed by atoms with Crippen LogP contribution in [0.3, 0.4) is 0 Å². The Bertz CT molecular complexity index is 688. The van der Waals surface area contributed by atoms with E-state index in [0.29, 0.717) is 12.1 Å². The Morgan fingerprint density at radius 1 is 1.29 bits per heavy atom. The van der Waals surface area contributed by atoms with Gasteiger partial charge in [-0.1, -0.05) is 12.1 Å². The molecule has 0 radical (unpaired) electrons. The van der Waals surface area contributed by atoms with Crippen LogP contribution in [0.15, 0.2) is 36.7 Å². The van der Waals surface area contributed by atoms with Crippen molar-refractivity contribution < 1.29 is 4.79 Å². The largest absolute Gasteiger partial charge is 0.349 e. The summed E-state index contributed by atoms with van der Waals surface area (Å²) in [7, 11) is 0. The predicted octanol–water partition coefficient (Wildman–Crippen LogP) is 2.82. The van der Waals surface area contributed by atoms with E-state index >= 15 is 0 Å². The van der Waals surface area contributed by atoms with Crippen molar-refractivity contribution in [2.75, 3.05) is 0 Å². The molecule has 1 amide bonds. The second-order valence-corrected chi connectivity index (χ2v) is 6.85. The average Bonchev–Trinajstić information content (AvgIpc) is 3.30. The number of carbonyl (C=O) groups excluding carboxylic acids is 1. The molecule has 5 nitrogen and oxygen atoms in total. The number of carbonyl (C=O) groups is 1. The summed E-state index contributed by atoms with van der Waals surface area (Å²) in [5.41, 5.74) is 3.09. The van der Waals surface area contributed by atoms with E-state index in [4.69, 9.17) is 0 Å². The molecule has 0 bridgehead atoms. The zero-order chi connectivity index (χ0) is 17.1. The number of nitrogens with one attached hydrogen (secondary N) is 2. The first-order chi connectivity index (χ1) is 11.5. The fraction of sp³-hybridized carbons (Fsp3) is 0.474. The van der Waals surface area contributed by atoms with E-state index < -0.39 is 0 Å². The lowest BCUT2D eigenvalue weighted by molar-refractivity contribution is 0.0951. The fourth-order valence-electron chi connectivity index (χ4n) is 2.60. The SMILES string of the molecule is Cc1cnn([C@H](C)[C@@H](C)NCc2ccc(C(=O)NC3CC3)cc2)c1. The minimum Gasteiger partial charge on any atom is -0.349 e. The summed E-state index contributed by atoms with van der Waals surface area (Å²) in [6, 6.07) is 8.81. The van der Waals surface area contributed by atoms with Crippen LogP contribution in [0.4, 0.5) is 0 Å². The number of amides is 1. The Morgan fingerprint density at radius 3 is 2.58 bits per heavy atom. The molecule has 0 aliphatic heterocycles. The zero-order valence-corrected chi connectivity index (χ0v) is 14.6. The first-order valence-electron chi connectivity index (χ1n) is 8.67. The van der Waals surface area contributed by atoms with Crippen molar-refractivity contribution >= 4 is 5.91 Å². The molecule has 2 aromatic rings. The molecule has 0 saturated heterocycles. The van der Waals surface area contributed by atoms with Gasteiger partial charge in [0, 0.05) is 30.4 Å². The zero-order valence-electron chi connectivity index (χ0n) is 14.6. The Kier molecular flexibility index (Phi) is 5.00. The van der Waals surface area contributed by atoms with Gasteiger partial charge in [-0.3, -0.25) is 9.48 Å². The van der Waals surface area contributed by atoms with Gasteiger partial charge in [-0.15, -0.1) is 0 Å². The average molecular weight is 326 g/mol. The molecule has 0 unspecified atom stereocenters. The van der Waals surface area contributed by atoms with E-state index in [9.17, 15) is 4.79 Å². The van der Waals surface area contributed by atoms with Gasteiger partial charge in [-0.25, -0.2) is 0 Å². The molecular weight excluding hydrogens is 300 g/mol. The minimum absolute atomic E-state index is 0.0352. The molecule has 1 aromatic carbocycles. The third-order valence-electron chi connectivity index (χ3n) is 4.63. The van der Waals surface area contributed by atoms with Gasteiger partial charge in [0.2, 0.25) is 0 Å². The number of benzene rings is 1. The molecule has 24 heavy (non-hydrogen) atoms. The molecule has 1 aliphatic rings. The number of hydrogen-bond acceptors (Lipinski definition) is 3. The Hall–Kier alpha value is -2.14. The van der Waals surface area contributed by atoms with E-state index in [-0.39, 0.29) is 11.9 Å². The number of nitrogens with zero attached hydrogens (tertiary/aromatic N) is 2. The van der Waals surface area contributed by atoms with Crippen LogP contribution in [-0.2, 0) is 6.54 Å². The van der Waals surface area contributed by atoms with Crippen LogP contribution in [0.25, 0.3) is 0 Å². The van der Waals surface area contributed by atoms with Crippen molar-refractivity contribution in [1.29, 1.82) is 0 Å². The normalized spacial score (nSPS) is 16.6. The van der Waals surface area contributed by atoms with Crippen LogP contribution in [-0.4, -0.2) is 27.8 Å². The molecule has 128 valence electrons. The molecule has 1 aromatic heterocycles. The van der Waals surface area contributed by atoms with Gasteiger partial charge < -0.3 is 10.6 Å². The first kappa shape index (κ1) is 16.7. The van der Waals surface area contributed by atoms with Crippen molar-refractivity contribution in [2.24, 2.45) is 0 Å². The highest BCUT2D eigenvalue weighted by Gasteiger charge is 2.23. The van der Waals surface area contributed by atoms with Crippen molar-refractivity contribution in [3.63, 3.8) is 0 Å². The quantitative estimate of drug-likeness (QED) is 0.822. The number of rotatable bonds is 7. The lowest BCUT2D eigenvalue weighted by atomic mass is 10.1. The standard InChI is InChI=1S/C19H26N4O/c1-13-10-21-23(12-13)15(3)14(2)20-11-16-4-6-17(7-5-16)19(24)22-18-8-9-18/h4-7,10,12,14-15,18,20H,8-9,11H2,1-3H3,(H,22,24)/t14-,15-/m1/s1. The van der Waals surface area contributed by atoms with Gasteiger partial charge in [0.15, 0.2) is 0 Å². The molecule has 3 rings (SSSR count). The summed E-state index contributed by atoms with van der Waals surface area (Å²) in [4.78, 5) is 12.0. The molecule has 5 heteroatoms. The molecule has 1 saturated carbocycles. The Labute approximate surface area is 143 Å². The third kappa shape index (κ3) is 4.23. The number of aryl methyl sites for hydroxylation is 1. The summed E-state index contributed by atoms with van der Waals surface area (Å²) in [5.74, 6) is 0.0352. The Morgan fingerprint density at radius 2 is 2.00 bits per heavy atom. The molecule has 2 N–H and O–H groups in total. The van der Waals surface area contributed by atoms with Crippen LogP contribution in [0.5, 0.6) is 0 Å². The smallest absolute Gasteiger partial charge is 0.251 e. The third-order valence-corrected chi connectivity index (χ3v) is 4.63. The molecule has 1 heterocycles. The van der Waals surface area contributed by atoms with E-state index in [2.05, 4.69) is 42.7 Å². The number of hydrogen-bond donors (Lipinski definition) is 2. The van der Waals surface area contributed by atoms with Gasteiger partial charge >= 0.3 is 0 Å². The van der Waals surface area contributed by atoms with E-state index in [1.165, 1.54) is 11.1 Å². The van der Waals surface area contributed by atoms with Gasteiger partial charge in [-0.05, 0) is 56.9 Å². The lowest BCUT2D eigenvalue weighted by Gasteiger charge is -2.22. The van der Waals surface area contributed by atoms with Crippen LogP contribution in [0.1, 0.15) is 54.2 Å². The van der Waals surface area contributed by atoms with Gasteiger partial charge in [0.05, 0.1) is 12.2 Å². The second kappa shape index (κ2) is 7.18. The van der Waals surface area contributed by atoms with Crippen LogP contribution in [0.2, 0.25) is 0 Å². The van der Waals surface area contributed by atoms with Crippen LogP contribution in [0, 0.1) is 6.92 Å². The van der Waals surface area contributed by atoms with Gasteiger partial charge in [0.25, 0.3) is 5.91 Å². The van der Waals surface area contributed by atoms with Crippen LogP contribution >= 0.6 is 0 Å². The van der Waals surface area contributed by atoms with E-state index in [1.807, 2.05) is 35.1 Å². The fourth-order valence-corrected chi connectivity index (χ4v) is 2.60. The van der Waals surface area contributed by atoms with Crippen molar-refractivity contribution in [3.05, 3.63) is 53.3 Å². The van der Waals surface area contributed by atoms with Gasteiger partial charge in [0.1, 0.15) is 0 Å². The van der Waals surface area contributed by atoms with Crippen molar-refractivity contribution in [3.8, 4) is 0 Å². The minimum atomic E-state index is 0.0352. The first-order valence-corrected chi connectivity index (χ1v) is 8.67. The van der Waals surface area contributed by atoms with Crippen molar-refractivity contribution in [1.82, 2.24) is 20.4 Å². The highest BCUT2D eigenvalue weighted by Crippen LogP contribution is 2.19. The lowest BCUT2D eigenvalue weighted by Crippen LogP contribution is -2.33. The van der Waals surface area contributed by atoms with E-state index in [1.54, 1.807) is 0 Å². The summed E-state index contributed by atoms with van der Waals surface area (Å²) in [6.45, 7) is 7.15. The second-order valence-electron chi connectivity index (χ2n) is 6.85. The summed E-state index contributed by atoms with van der Waals surface area (Å²) >= 11 is 0. The van der Waals surface area contributed by atoms with E-state index in [0.717, 1.165) is 24.9 Å². The highest BCUT2D eigenvalue weighted by molar-refractivity contribution is 5.94. The number of aromatic nitrogens is 2. The summed E-state index contributed by atoms with van der Waals surface area (Å²) in [6.07, 6.45) is 6.17. The molecule has 1 aliphatic carbocycles. The molecule has 2 atom stereocenters. The van der Waals surface area contributed by atoms with Crippen molar-refractivity contribution in [2.45, 2.75) is 58.3 Å². The molecule has 1 fully saturated rings. The maximum atomic E-state index is 12.0. The topological polar surface area (TPSA) is 59.0 Å². The van der Waals surface area contributed by atoms with Gasteiger partial charge in [-0.2, -0.15) is 5.10 Å². The predicted molar refractivity (Wildman–Crippen MR) is 94.9 cm³/mol. The molecule has 0 spiro atoms. The highest BCUT2D eigenvalue weighted by atomic mass is 16.1.